The van der Waals surface area contributed by atoms with Crippen LogP contribution < -0.4 is 15.6 Å². The van der Waals surface area contributed by atoms with E-state index in [9.17, 15) is 9.59 Å². The molecule has 1 atom stereocenters. The summed E-state index contributed by atoms with van der Waals surface area (Å²) in [4.78, 5) is 24.0. The second kappa shape index (κ2) is 8.86. The van der Waals surface area contributed by atoms with Crippen LogP contribution in [-0.2, 0) is 9.59 Å². The Morgan fingerprint density at radius 2 is 1.64 bits per heavy atom. The zero-order chi connectivity index (χ0) is 19.9. The second-order valence-electron chi connectivity index (χ2n) is 6.49. The number of hydrazine groups is 1. The highest BCUT2D eigenvalue weighted by molar-refractivity contribution is 5.93. The normalized spacial score (nSPS) is 11.9. The van der Waals surface area contributed by atoms with Crippen molar-refractivity contribution in [3.63, 3.8) is 0 Å². The van der Waals surface area contributed by atoms with Gasteiger partial charge < -0.3 is 4.74 Å². The lowest BCUT2D eigenvalue weighted by molar-refractivity contribution is -0.131. The molecule has 5 heteroatoms. The summed E-state index contributed by atoms with van der Waals surface area (Å²) in [5.74, 6) is -0.274. The van der Waals surface area contributed by atoms with Gasteiger partial charge >= 0.3 is 0 Å². The summed E-state index contributed by atoms with van der Waals surface area (Å²) in [5, 5.41) is 2.13. The molecule has 0 aliphatic rings. The molecular formula is C23H22N2O3. The van der Waals surface area contributed by atoms with E-state index in [0.29, 0.717) is 5.75 Å². The third-order valence-electron chi connectivity index (χ3n) is 4.22. The maximum atomic E-state index is 12.2. The van der Waals surface area contributed by atoms with Crippen molar-refractivity contribution in [1.29, 1.82) is 0 Å². The summed E-state index contributed by atoms with van der Waals surface area (Å²) in [5.41, 5.74) is 6.78. The molecule has 5 nitrogen and oxygen atoms in total. The predicted octanol–water partition coefficient (Wildman–Crippen LogP) is 3.78. The summed E-state index contributed by atoms with van der Waals surface area (Å²) in [6.45, 7) is 3.62. The summed E-state index contributed by atoms with van der Waals surface area (Å²) in [6.07, 6.45) is 2.28. The minimum absolute atomic E-state index is 0.424. The van der Waals surface area contributed by atoms with E-state index in [4.69, 9.17) is 4.74 Å². The van der Waals surface area contributed by atoms with Crippen LogP contribution in [0.15, 0.2) is 72.8 Å². The number of carbonyl (C=O) groups is 2. The van der Waals surface area contributed by atoms with E-state index in [2.05, 4.69) is 10.9 Å². The third-order valence-corrected chi connectivity index (χ3v) is 4.22. The van der Waals surface area contributed by atoms with Crippen molar-refractivity contribution in [2.24, 2.45) is 0 Å². The topological polar surface area (TPSA) is 67.4 Å². The lowest BCUT2D eigenvalue weighted by Crippen LogP contribution is -2.46. The highest BCUT2D eigenvalue weighted by Crippen LogP contribution is 2.21. The summed E-state index contributed by atoms with van der Waals surface area (Å²) < 4.78 is 5.68. The molecule has 0 aliphatic heterocycles. The van der Waals surface area contributed by atoms with Crippen molar-refractivity contribution in [3.8, 4) is 5.75 Å². The molecule has 0 heterocycles. The lowest BCUT2D eigenvalue weighted by atomic mass is 10.1. The Labute approximate surface area is 164 Å². The van der Waals surface area contributed by atoms with Crippen molar-refractivity contribution in [3.05, 3.63) is 83.9 Å². The molecule has 0 fully saturated rings. The fourth-order valence-corrected chi connectivity index (χ4v) is 2.61. The fourth-order valence-electron chi connectivity index (χ4n) is 2.61. The molecule has 0 bridgehead atoms. The molecule has 28 heavy (non-hydrogen) atoms. The summed E-state index contributed by atoms with van der Waals surface area (Å²) >= 11 is 0. The number of amides is 2. The number of benzene rings is 3. The summed E-state index contributed by atoms with van der Waals surface area (Å²) in [7, 11) is 0. The van der Waals surface area contributed by atoms with Gasteiger partial charge in [-0.1, -0.05) is 60.2 Å². The number of hydrogen-bond donors (Lipinski definition) is 2. The average molecular weight is 374 g/mol. The number of hydrogen-bond acceptors (Lipinski definition) is 3. The Bertz CT molecular complexity index is 1010. The predicted molar refractivity (Wildman–Crippen MR) is 111 cm³/mol. The van der Waals surface area contributed by atoms with Gasteiger partial charge in [0, 0.05) is 6.08 Å². The van der Waals surface area contributed by atoms with Crippen LogP contribution in [0.1, 0.15) is 18.1 Å². The minimum Gasteiger partial charge on any atom is -0.481 e. The molecule has 2 N–H and O–H groups in total. The molecule has 0 aromatic heterocycles. The van der Waals surface area contributed by atoms with E-state index in [1.807, 2.05) is 73.7 Å². The molecule has 1 unspecified atom stereocenters. The highest BCUT2D eigenvalue weighted by Gasteiger charge is 2.15. The molecule has 0 aliphatic carbocycles. The molecule has 0 radical (unpaired) electrons. The van der Waals surface area contributed by atoms with Gasteiger partial charge in [-0.15, -0.1) is 0 Å². The summed E-state index contributed by atoms with van der Waals surface area (Å²) in [6, 6.07) is 21.3. The van der Waals surface area contributed by atoms with Crippen LogP contribution in [0.25, 0.3) is 16.8 Å². The smallest absolute Gasteiger partial charge is 0.279 e. The Kier molecular flexibility index (Phi) is 6.07. The molecule has 2 amide bonds. The quantitative estimate of drug-likeness (QED) is 0.528. The molecule has 0 spiro atoms. The number of ether oxygens (including phenoxy) is 1. The van der Waals surface area contributed by atoms with E-state index < -0.39 is 17.9 Å². The fraction of sp³-hybridized carbons (Fsp3) is 0.130. The van der Waals surface area contributed by atoms with Gasteiger partial charge in [0.15, 0.2) is 6.10 Å². The van der Waals surface area contributed by atoms with Crippen LogP contribution in [0.3, 0.4) is 0 Å². The van der Waals surface area contributed by atoms with E-state index in [-0.39, 0.29) is 0 Å². The highest BCUT2D eigenvalue weighted by atomic mass is 16.5. The molecule has 3 rings (SSSR count). The maximum absolute atomic E-state index is 12.2. The maximum Gasteiger partial charge on any atom is 0.279 e. The van der Waals surface area contributed by atoms with Crippen LogP contribution in [0.5, 0.6) is 5.75 Å². The van der Waals surface area contributed by atoms with Gasteiger partial charge in [0.2, 0.25) is 0 Å². The standard InChI is InChI=1S/C23H22N2O3/c1-16-7-9-18(10-8-16)11-14-22(26)24-25-23(27)17(2)28-21-13-12-19-5-3-4-6-20(19)15-21/h3-15,17H,1-2H3,(H,24,26)(H,25,27). The van der Waals surface area contributed by atoms with Crippen molar-refractivity contribution in [2.45, 2.75) is 20.0 Å². The number of aryl methyl sites for hydroxylation is 1. The lowest BCUT2D eigenvalue weighted by Gasteiger charge is -2.15. The zero-order valence-electron chi connectivity index (χ0n) is 15.8. The van der Waals surface area contributed by atoms with Crippen LogP contribution in [-0.4, -0.2) is 17.9 Å². The molecule has 3 aromatic carbocycles. The van der Waals surface area contributed by atoms with Gasteiger partial charge in [-0.05, 0) is 48.4 Å². The van der Waals surface area contributed by atoms with Crippen LogP contribution in [0.4, 0.5) is 0 Å². The van der Waals surface area contributed by atoms with Crippen LogP contribution >= 0.6 is 0 Å². The Hall–Kier alpha value is -3.60. The largest absolute Gasteiger partial charge is 0.481 e. The number of rotatable bonds is 5. The van der Waals surface area contributed by atoms with E-state index in [1.54, 1.807) is 13.0 Å². The number of carbonyl (C=O) groups excluding carboxylic acids is 2. The van der Waals surface area contributed by atoms with Crippen molar-refractivity contribution >= 4 is 28.7 Å². The van der Waals surface area contributed by atoms with Gasteiger partial charge in [-0.25, -0.2) is 0 Å². The molecule has 3 aromatic rings. The van der Waals surface area contributed by atoms with Crippen molar-refractivity contribution in [1.82, 2.24) is 10.9 Å². The van der Waals surface area contributed by atoms with Crippen molar-refractivity contribution in [2.75, 3.05) is 0 Å². The second-order valence-corrected chi connectivity index (χ2v) is 6.49. The Balaban J connectivity index is 1.50. The first-order valence-electron chi connectivity index (χ1n) is 9.01. The zero-order valence-corrected chi connectivity index (χ0v) is 15.8. The van der Waals surface area contributed by atoms with E-state index in [0.717, 1.165) is 21.9 Å². The van der Waals surface area contributed by atoms with Crippen molar-refractivity contribution < 1.29 is 14.3 Å². The van der Waals surface area contributed by atoms with Gasteiger partial charge in [0.25, 0.3) is 11.8 Å². The Morgan fingerprint density at radius 3 is 2.39 bits per heavy atom. The van der Waals surface area contributed by atoms with E-state index >= 15 is 0 Å². The first kappa shape index (κ1) is 19.2. The Morgan fingerprint density at radius 1 is 0.929 bits per heavy atom. The SMILES string of the molecule is Cc1ccc(C=CC(=O)NNC(=O)C(C)Oc2ccc3ccccc3c2)cc1. The minimum atomic E-state index is -0.762. The van der Waals surface area contributed by atoms with Crippen LogP contribution in [0.2, 0.25) is 0 Å². The first-order valence-corrected chi connectivity index (χ1v) is 9.01. The number of nitrogens with one attached hydrogen (secondary N) is 2. The van der Waals surface area contributed by atoms with Gasteiger partial charge in [0.1, 0.15) is 5.75 Å². The third kappa shape index (κ3) is 5.20. The average Bonchev–Trinajstić information content (AvgIpc) is 2.71. The molecular weight excluding hydrogens is 352 g/mol. The molecule has 0 saturated carbocycles. The van der Waals surface area contributed by atoms with Gasteiger partial charge in [-0.2, -0.15) is 0 Å². The van der Waals surface area contributed by atoms with E-state index in [1.165, 1.54) is 6.08 Å². The first-order chi connectivity index (χ1) is 13.5. The van der Waals surface area contributed by atoms with Gasteiger partial charge in [0.05, 0.1) is 0 Å². The monoisotopic (exact) mass is 374 g/mol. The number of fused-ring (bicyclic) bond motifs is 1. The van der Waals surface area contributed by atoms with Gasteiger partial charge in [-0.3, -0.25) is 20.4 Å². The van der Waals surface area contributed by atoms with Crippen LogP contribution in [0, 0.1) is 6.92 Å². The molecule has 142 valence electrons. The molecule has 0 saturated heterocycles.